The summed E-state index contributed by atoms with van der Waals surface area (Å²) in [4.78, 5) is 24.1. The average molecular weight is 351 g/mol. The number of methoxy groups -OCH3 is 1. The van der Waals surface area contributed by atoms with Gasteiger partial charge in [-0.05, 0) is 73.5 Å². The van der Waals surface area contributed by atoms with E-state index in [1.807, 2.05) is 0 Å². The first-order chi connectivity index (χ1) is 11.8. The Morgan fingerprint density at radius 2 is 1.84 bits per heavy atom. The van der Waals surface area contributed by atoms with E-state index in [9.17, 15) is 14.0 Å². The monoisotopic (exact) mass is 351 g/mol. The smallest absolute Gasteiger partial charge is 0.309 e. The summed E-state index contributed by atoms with van der Waals surface area (Å²) in [5, 5.41) is 2.96. The van der Waals surface area contributed by atoms with Crippen LogP contribution in [0.2, 0.25) is 0 Å². The molecule has 1 saturated heterocycles. The fourth-order valence-corrected chi connectivity index (χ4v) is 7.26. The van der Waals surface area contributed by atoms with E-state index < -0.39 is 12.1 Å². The minimum Gasteiger partial charge on any atom is -0.469 e. The Kier molecular flexibility index (Phi) is 3.93. The molecule has 0 aromatic carbocycles. The Morgan fingerprint density at radius 3 is 2.56 bits per heavy atom. The number of esters is 1. The maximum atomic E-state index is 14.2. The van der Waals surface area contributed by atoms with Crippen LogP contribution in [0.1, 0.15) is 58.8 Å². The second kappa shape index (κ2) is 5.68. The van der Waals surface area contributed by atoms with E-state index in [2.05, 4.69) is 19.2 Å². The average Bonchev–Trinajstić information content (AvgIpc) is 2.93. The van der Waals surface area contributed by atoms with Crippen molar-refractivity contribution in [3.63, 3.8) is 0 Å². The van der Waals surface area contributed by atoms with Crippen LogP contribution >= 0.6 is 0 Å². The molecule has 3 saturated carbocycles. The lowest BCUT2D eigenvalue weighted by molar-refractivity contribution is -0.157. The van der Waals surface area contributed by atoms with E-state index in [-0.39, 0.29) is 28.8 Å². The first kappa shape index (κ1) is 17.3. The van der Waals surface area contributed by atoms with Gasteiger partial charge >= 0.3 is 5.97 Å². The molecule has 1 N–H and O–H groups in total. The van der Waals surface area contributed by atoms with E-state index in [1.54, 1.807) is 0 Å². The lowest BCUT2D eigenvalue weighted by Gasteiger charge is -2.60. The van der Waals surface area contributed by atoms with Crippen LogP contribution in [-0.2, 0) is 14.3 Å². The number of halogens is 1. The molecule has 1 aliphatic heterocycles. The molecule has 0 bridgehead atoms. The number of amides is 1. The molecule has 3 aliphatic carbocycles. The van der Waals surface area contributed by atoms with E-state index in [0.717, 1.165) is 38.5 Å². The molecule has 1 amide bonds. The van der Waals surface area contributed by atoms with Gasteiger partial charge in [0.15, 0.2) is 6.17 Å². The molecule has 4 rings (SSSR count). The highest BCUT2D eigenvalue weighted by molar-refractivity contribution is 5.82. The number of rotatable bonds is 1. The number of nitrogens with one attached hydrogen (secondary N) is 1. The molecule has 0 aromatic rings. The summed E-state index contributed by atoms with van der Waals surface area (Å²) in [5.41, 5.74) is -0.134. The van der Waals surface area contributed by atoms with Crippen molar-refractivity contribution in [3.8, 4) is 0 Å². The van der Waals surface area contributed by atoms with Crippen molar-refractivity contribution in [3.05, 3.63) is 0 Å². The zero-order valence-corrected chi connectivity index (χ0v) is 15.5. The van der Waals surface area contributed by atoms with Gasteiger partial charge in [-0.2, -0.15) is 0 Å². The van der Waals surface area contributed by atoms with Crippen molar-refractivity contribution >= 4 is 11.9 Å². The zero-order valence-electron chi connectivity index (χ0n) is 15.5. The highest BCUT2D eigenvalue weighted by Gasteiger charge is 2.62. The van der Waals surface area contributed by atoms with Crippen LogP contribution in [0.3, 0.4) is 0 Å². The van der Waals surface area contributed by atoms with Crippen molar-refractivity contribution in [1.29, 1.82) is 0 Å². The van der Waals surface area contributed by atoms with Gasteiger partial charge in [-0.1, -0.05) is 13.8 Å². The molecule has 4 aliphatic rings. The van der Waals surface area contributed by atoms with E-state index in [1.165, 1.54) is 7.11 Å². The van der Waals surface area contributed by atoms with Gasteiger partial charge in [-0.25, -0.2) is 4.39 Å². The number of carbonyl (C=O) groups is 2. The largest absolute Gasteiger partial charge is 0.469 e. The van der Waals surface area contributed by atoms with Gasteiger partial charge in [0, 0.05) is 6.04 Å². The van der Waals surface area contributed by atoms with Crippen LogP contribution in [0, 0.1) is 34.5 Å². The first-order valence-corrected chi connectivity index (χ1v) is 9.83. The summed E-state index contributed by atoms with van der Waals surface area (Å²) < 4.78 is 19.3. The van der Waals surface area contributed by atoms with Crippen molar-refractivity contribution in [2.45, 2.75) is 71.0 Å². The number of alkyl halides is 1. The Hall–Kier alpha value is -1.13. The number of fused-ring (bicyclic) bond motifs is 5. The molecule has 0 radical (unpaired) electrons. The highest BCUT2D eigenvalue weighted by Crippen LogP contribution is 2.65. The second-order valence-electron chi connectivity index (χ2n) is 9.39. The second-order valence-corrected chi connectivity index (χ2v) is 9.39. The minimum absolute atomic E-state index is 0.00830. The third-order valence-electron chi connectivity index (χ3n) is 8.57. The third kappa shape index (κ3) is 2.30. The van der Waals surface area contributed by atoms with Gasteiger partial charge in [-0.3, -0.25) is 9.59 Å². The van der Waals surface area contributed by atoms with Gasteiger partial charge < -0.3 is 10.1 Å². The third-order valence-corrected chi connectivity index (χ3v) is 8.57. The van der Waals surface area contributed by atoms with Crippen molar-refractivity contribution in [2.75, 3.05) is 7.11 Å². The number of hydrogen-bond donors (Lipinski definition) is 1. The van der Waals surface area contributed by atoms with Crippen LogP contribution in [0.5, 0.6) is 0 Å². The van der Waals surface area contributed by atoms with Gasteiger partial charge in [0.25, 0.3) is 5.91 Å². The standard InChI is InChI=1S/C20H30FNO3/c1-19-9-8-13-11(12(19)5-6-14(19)18(24)25-3)4-7-16-20(13,2)10-15(21)17(23)22-16/h11-16H,4-10H2,1-3H3,(H,22,23)/t11-,12-,13-,14+,15+,16+,19-,20+/m0/s1. The maximum absolute atomic E-state index is 14.2. The van der Waals surface area contributed by atoms with E-state index >= 15 is 0 Å². The molecule has 25 heavy (non-hydrogen) atoms. The Balaban J connectivity index is 1.62. The van der Waals surface area contributed by atoms with Gasteiger partial charge in [-0.15, -0.1) is 0 Å². The molecule has 5 heteroatoms. The quantitative estimate of drug-likeness (QED) is 0.738. The summed E-state index contributed by atoms with van der Waals surface area (Å²) in [7, 11) is 1.49. The normalized spacial score (nSPS) is 51.8. The number of ether oxygens (including phenoxy) is 1. The van der Waals surface area contributed by atoms with Crippen LogP contribution in [-0.4, -0.2) is 31.2 Å². The predicted octanol–water partition coefficient (Wildman–Crippen LogP) is 3.24. The van der Waals surface area contributed by atoms with Crippen LogP contribution in [0.15, 0.2) is 0 Å². The summed E-state index contributed by atoms with van der Waals surface area (Å²) in [6, 6.07) is 0.107. The molecule has 0 aromatic heterocycles. The molecule has 8 atom stereocenters. The molecule has 1 heterocycles. The van der Waals surface area contributed by atoms with Gasteiger partial charge in [0.1, 0.15) is 0 Å². The molecule has 140 valence electrons. The number of hydrogen-bond acceptors (Lipinski definition) is 3. The SMILES string of the molecule is COC(=O)[C@H]1CC[C@H]2[C@@H]3CC[C@H]4NC(=O)[C@H](F)C[C@]4(C)[C@H]3CC[C@]12C. The first-order valence-electron chi connectivity index (χ1n) is 9.83. The maximum Gasteiger partial charge on any atom is 0.309 e. The molecular weight excluding hydrogens is 321 g/mol. The molecule has 4 fully saturated rings. The lowest BCUT2D eigenvalue weighted by Crippen LogP contribution is -2.63. The zero-order chi connectivity index (χ0) is 18.0. The predicted molar refractivity (Wildman–Crippen MR) is 91.3 cm³/mol. The topological polar surface area (TPSA) is 55.4 Å². The summed E-state index contributed by atoms with van der Waals surface area (Å²) >= 11 is 0. The van der Waals surface area contributed by atoms with Gasteiger partial charge in [0.2, 0.25) is 0 Å². The summed E-state index contributed by atoms with van der Waals surface area (Å²) in [6.07, 6.45) is 5.02. The van der Waals surface area contributed by atoms with Crippen molar-refractivity contribution < 1.29 is 18.7 Å². The fourth-order valence-electron chi connectivity index (χ4n) is 7.26. The Morgan fingerprint density at radius 1 is 1.12 bits per heavy atom. The highest BCUT2D eigenvalue weighted by atomic mass is 19.1. The van der Waals surface area contributed by atoms with Crippen LogP contribution in [0.25, 0.3) is 0 Å². The van der Waals surface area contributed by atoms with Crippen molar-refractivity contribution in [1.82, 2.24) is 5.32 Å². The Bertz CT molecular complexity index is 595. The summed E-state index contributed by atoms with van der Waals surface area (Å²) in [5.74, 6) is 1.03. The van der Waals surface area contributed by atoms with E-state index in [0.29, 0.717) is 24.2 Å². The summed E-state index contributed by atoms with van der Waals surface area (Å²) in [6.45, 7) is 4.47. The van der Waals surface area contributed by atoms with Crippen LogP contribution < -0.4 is 5.32 Å². The molecule has 0 unspecified atom stereocenters. The molecule has 4 nitrogen and oxygen atoms in total. The van der Waals surface area contributed by atoms with Crippen LogP contribution in [0.4, 0.5) is 4.39 Å². The molecule has 0 spiro atoms. The fraction of sp³-hybridized carbons (Fsp3) is 0.900. The number of carbonyl (C=O) groups excluding carboxylic acids is 2. The number of piperidine rings is 1. The van der Waals surface area contributed by atoms with Crippen molar-refractivity contribution in [2.24, 2.45) is 34.5 Å². The lowest BCUT2D eigenvalue weighted by atomic mass is 9.47. The molecular formula is C20H30FNO3. The minimum atomic E-state index is -1.38. The van der Waals surface area contributed by atoms with Gasteiger partial charge in [0.05, 0.1) is 13.0 Å². The van der Waals surface area contributed by atoms with E-state index in [4.69, 9.17) is 4.74 Å². The Labute approximate surface area is 149 Å².